The number of anilines is 1. The Morgan fingerprint density at radius 1 is 1.03 bits per heavy atom. The van der Waals surface area contributed by atoms with Crippen molar-refractivity contribution in [2.45, 2.75) is 6.54 Å². The SMILES string of the molecule is Cl.O=C(Nc1ccccc1-c1cc2c(CN3CCNCC3)cccc2o1)c1cccc([N+](=O)[O-])c1. The van der Waals surface area contributed by atoms with Crippen molar-refractivity contribution in [2.75, 3.05) is 31.5 Å². The number of hydrogen-bond acceptors (Lipinski definition) is 6. The number of fused-ring (bicyclic) bond motifs is 1. The monoisotopic (exact) mass is 492 g/mol. The number of amides is 1. The van der Waals surface area contributed by atoms with Gasteiger partial charge in [-0.1, -0.05) is 30.3 Å². The van der Waals surface area contributed by atoms with Crippen molar-refractivity contribution in [1.29, 1.82) is 0 Å². The predicted molar refractivity (Wildman–Crippen MR) is 138 cm³/mol. The Morgan fingerprint density at radius 2 is 1.80 bits per heavy atom. The number of furan rings is 1. The van der Waals surface area contributed by atoms with Gasteiger partial charge >= 0.3 is 0 Å². The van der Waals surface area contributed by atoms with Crippen LogP contribution in [-0.2, 0) is 6.54 Å². The molecular weight excluding hydrogens is 468 g/mol. The zero-order valence-electron chi connectivity index (χ0n) is 18.9. The van der Waals surface area contributed by atoms with Gasteiger partial charge in [0.2, 0.25) is 0 Å². The Hall–Kier alpha value is -3.72. The number of para-hydroxylation sites is 1. The molecule has 4 aromatic rings. The van der Waals surface area contributed by atoms with Crippen LogP contribution in [0.5, 0.6) is 0 Å². The highest BCUT2D eigenvalue weighted by Crippen LogP contribution is 2.34. The Bertz CT molecular complexity index is 1360. The highest BCUT2D eigenvalue weighted by molar-refractivity contribution is 6.06. The highest BCUT2D eigenvalue weighted by Gasteiger charge is 2.18. The fourth-order valence-corrected chi connectivity index (χ4v) is 4.26. The number of benzene rings is 3. The number of hydrogen-bond donors (Lipinski definition) is 2. The van der Waals surface area contributed by atoms with Crippen molar-refractivity contribution in [1.82, 2.24) is 10.2 Å². The highest BCUT2D eigenvalue weighted by atomic mass is 35.5. The van der Waals surface area contributed by atoms with Gasteiger partial charge in [0, 0.05) is 61.4 Å². The summed E-state index contributed by atoms with van der Waals surface area (Å²) >= 11 is 0. The van der Waals surface area contributed by atoms with E-state index in [2.05, 4.69) is 21.6 Å². The maximum atomic E-state index is 12.8. The van der Waals surface area contributed by atoms with Crippen LogP contribution in [0, 0.1) is 10.1 Å². The summed E-state index contributed by atoms with van der Waals surface area (Å²) in [6.45, 7) is 4.85. The van der Waals surface area contributed by atoms with Crippen molar-refractivity contribution in [3.8, 4) is 11.3 Å². The number of carbonyl (C=O) groups is 1. The second kappa shape index (κ2) is 10.7. The second-order valence-electron chi connectivity index (χ2n) is 8.27. The van der Waals surface area contributed by atoms with E-state index in [4.69, 9.17) is 4.42 Å². The lowest BCUT2D eigenvalue weighted by Crippen LogP contribution is -2.42. The van der Waals surface area contributed by atoms with E-state index in [1.165, 1.54) is 23.8 Å². The minimum Gasteiger partial charge on any atom is -0.456 e. The third kappa shape index (κ3) is 5.35. The van der Waals surface area contributed by atoms with Gasteiger partial charge in [-0.15, -0.1) is 12.4 Å². The Balaban J connectivity index is 0.00000289. The molecule has 1 amide bonds. The van der Waals surface area contributed by atoms with Gasteiger partial charge in [-0.2, -0.15) is 0 Å². The summed E-state index contributed by atoms with van der Waals surface area (Å²) in [4.78, 5) is 25.8. The molecule has 1 saturated heterocycles. The van der Waals surface area contributed by atoms with Crippen LogP contribution in [0.2, 0.25) is 0 Å². The Labute approximate surface area is 208 Å². The zero-order chi connectivity index (χ0) is 23.5. The van der Waals surface area contributed by atoms with Crippen LogP contribution >= 0.6 is 12.4 Å². The van der Waals surface area contributed by atoms with Crippen molar-refractivity contribution < 1.29 is 14.1 Å². The van der Waals surface area contributed by atoms with E-state index in [1.54, 1.807) is 12.1 Å². The minimum atomic E-state index is -0.517. The lowest BCUT2D eigenvalue weighted by Gasteiger charge is -2.27. The Morgan fingerprint density at radius 3 is 2.60 bits per heavy atom. The van der Waals surface area contributed by atoms with Crippen LogP contribution in [0.3, 0.4) is 0 Å². The van der Waals surface area contributed by atoms with E-state index in [9.17, 15) is 14.9 Å². The van der Waals surface area contributed by atoms with E-state index in [0.717, 1.165) is 49.3 Å². The fourth-order valence-electron chi connectivity index (χ4n) is 4.26. The first kappa shape index (κ1) is 24.4. The van der Waals surface area contributed by atoms with E-state index >= 15 is 0 Å². The summed E-state index contributed by atoms with van der Waals surface area (Å²) in [6.07, 6.45) is 0. The fraction of sp³-hybridized carbons (Fsp3) is 0.192. The molecule has 0 atom stereocenters. The molecular formula is C26H25ClN4O4. The third-order valence-corrected chi connectivity index (χ3v) is 6.02. The number of nitrogens with one attached hydrogen (secondary N) is 2. The first-order valence-corrected chi connectivity index (χ1v) is 11.2. The lowest BCUT2D eigenvalue weighted by molar-refractivity contribution is -0.384. The molecule has 2 heterocycles. The molecule has 8 nitrogen and oxygen atoms in total. The topological polar surface area (TPSA) is 101 Å². The summed E-state index contributed by atoms with van der Waals surface area (Å²) < 4.78 is 6.19. The van der Waals surface area contributed by atoms with Gasteiger partial charge < -0.3 is 15.1 Å². The first-order valence-electron chi connectivity index (χ1n) is 11.2. The van der Waals surface area contributed by atoms with Gasteiger partial charge in [0.15, 0.2) is 0 Å². The number of carbonyl (C=O) groups excluding carboxylic acids is 1. The summed E-state index contributed by atoms with van der Waals surface area (Å²) in [6, 6.07) is 21.2. The molecule has 1 fully saturated rings. The standard InChI is InChI=1S/C26H24N4O4.ClH/c31-26(18-5-3-7-20(15-18)30(32)33)28-23-9-2-1-8-21(23)25-16-22-19(6-4-10-24(22)34-25)17-29-13-11-27-12-14-29;/h1-10,15-16,27H,11-14,17H2,(H,28,31);1H. The third-order valence-electron chi connectivity index (χ3n) is 6.02. The summed E-state index contributed by atoms with van der Waals surface area (Å²) in [5.74, 6) is 0.226. The number of piperazine rings is 1. The molecule has 0 aliphatic carbocycles. The van der Waals surface area contributed by atoms with Crippen LogP contribution < -0.4 is 10.6 Å². The minimum absolute atomic E-state index is 0. The number of halogens is 1. The molecule has 0 bridgehead atoms. The molecule has 3 aromatic carbocycles. The van der Waals surface area contributed by atoms with Crippen molar-refractivity contribution in [3.05, 3.63) is 94.0 Å². The zero-order valence-corrected chi connectivity index (χ0v) is 19.7. The van der Waals surface area contributed by atoms with Gasteiger partial charge in [0.25, 0.3) is 11.6 Å². The number of nitro benzene ring substituents is 1. The normalized spacial score (nSPS) is 13.8. The van der Waals surface area contributed by atoms with E-state index in [1.807, 2.05) is 36.4 Å². The van der Waals surface area contributed by atoms with Gasteiger partial charge in [-0.05, 0) is 35.9 Å². The van der Waals surface area contributed by atoms with E-state index in [0.29, 0.717) is 11.4 Å². The second-order valence-corrected chi connectivity index (χ2v) is 8.27. The lowest BCUT2D eigenvalue weighted by atomic mass is 10.1. The largest absolute Gasteiger partial charge is 0.456 e. The molecule has 5 rings (SSSR count). The summed E-state index contributed by atoms with van der Waals surface area (Å²) in [5, 5.41) is 18.4. The van der Waals surface area contributed by atoms with Crippen LogP contribution in [0.15, 0.2) is 77.2 Å². The molecule has 35 heavy (non-hydrogen) atoms. The maximum Gasteiger partial charge on any atom is 0.270 e. The summed E-state index contributed by atoms with van der Waals surface area (Å²) in [5.41, 5.74) is 3.39. The van der Waals surface area contributed by atoms with E-state index in [-0.39, 0.29) is 23.7 Å². The quantitative estimate of drug-likeness (QED) is 0.287. The number of nitro groups is 1. The molecule has 1 aliphatic heterocycles. The molecule has 0 spiro atoms. The summed E-state index contributed by atoms with van der Waals surface area (Å²) in [7, 11) is 0. The van der Waals surface area contributed by atoms with E-state index < -0.39 is 10.8 Å². The van der Waals surface area contributed by atoms with Crippen LogP contribution in [0.25, 0.3) is 22.3 Å². The van der Waals surface area contributed by atoms with Crippen LogP contribution in [0.1, 0.15) is 15.9 Å². The van der Waals surface area contributed by atoms with Gasteiger partial charge in [0.1, 0.15) is 11.3 Å². The molecule has 1 aliphatic rings. The molecule has 0 saturated carbocycles. The first-order chi connectivity index (χ1) is 16.6. The molecule has 0 radical (unpaired) electrons. The average Bonchev–Trinajstić information content (AvgIpc) is 3.30. The van der Waals surface area contributed by atoms with Crippen LogP contribution in [-0.4, -0.2) is 41.9 Å². The van der Waals surface area contributed by atoms with Gasteiger partial charge in [-0.25, -0.2) is 0 Å². The van der Waals surface area contributed by atoms with Crippen molar-refractivity contribution >= 4 is 40.7 Å². The predicted octanol–water partition coefficient (Wildman–Crippen LogP) is 5.09. The smallest absolute Gasteiger partial charge is 0.270 e. The van der Waals surface area contributed by atoms with Crippen molar-refractivity contribution in [3.63, 3.8) is 0 Å². The molecule has 1 aromatic heterocycles. The Kier molecular flexibility index (Phi) is 7.45. The maximum absolute atomic E-state index is 12.8. The average molecular weight is 493 g/mol. The molecule has 9 heteroatoms. The molecule has 2 N–H and O–H groups in total. The molecule has 0 unspecified atom stereocenters. The van der Waals surface area contributed by atoms with Crippen molar-refractivity contribution in [2.24, 2.45) is 0 Å². The number of nitrogens with zero attached hydrogens (tertiary/aromatic N) is 2. The number of rotatable bonds is 6. The number of non-ortho nitro benzene ring substituents is 1. The van der Waals surface area contributed by atoms with Crippen LogP contribution in [0.4, 0.5) is 11.4 Å². The van der Waals surface area contributed by atoms with Gasteiger partial charge in [-0.3, -0.25) is 19.8 Å². The van der Waals surface area contributed by atoms with Gasteiger partial charge in [0.05, 0.1) is 10.6 Å². The molecule has 180 valence electrons.